The Balaban J connectivity index is 2.57. The highest BCUT2D eigenvalue weighted by atomic mass is 16.7. The summed E-state index contributed by atoms with van der Waals surface area (Å²) < 4.78 is 18.8. The van der Waals surface area contributed by atoms with Crippen LogP contribution >= 0.6 is 0 Å². The molecule has 1 saturated heterocycles. The van der Waals surface area contributed by atoms with E-state index < -0.39 is 30.0 Å². The van der Waals surface area contributed by atoms with Gasteiger partial charge in [0, 0.05) is 30.8 Å². The maximum Gasteiger partial charge on any atom is 0.331 e. The average Bonchev–Trinajstić information content (AvgIpc) is 3.14. The van der Waals surface area contributed by atoms with Crippen molar-refractivity contribution in [2.75, 3.05) is 40.5 Å². The molecule has 0 aromatic heterocycles. The molecule has 1 fully saturated rings. The Morgan fingerprint density at radius 2 is 1.54 bits per heavy atom. The van der Waals surface area contributed by atoms with Crippen molar-refractivity contribution in [3.63, 3.8) is 0 Å². The van der Waals surface area contributed by atoms with Gasteiger partial charge in [0.05, 0.1) is 27.4 Å². The molecular formula is C16H21NO9. The van der Waals surface area contributed by atoms with Gasteiger partial charge in [-0.1, -0.05) is 0 Å². The van der Waals surface area contributed by atoms with Crippen LogP contribution in [0.15, 0.2) is 24.3 Å². The van der Waals surface area contributed by atoms with Crippen LogP contribution in [0.3, 0.4) is 0 Å². The molecule has 1 aliphatic heterocycles. The van der Waals surface area contributed by atoms with Crippen molar-refractivity contribution >= 4 is 23.9 Å². The summed E-state index contributed by atoms with van der Waals surface area (Å²) in [6.45, 7) is 1.10. The normalized spacial score (nSPS) is 15.8. The Bertz CT molecular complexity index is 564. The monoisotopic (exact) mass is 371 g/mol. The molecule has 0 aliphatic carbocycles. The minimum absolute atomic E-state index is 0.172. The molecular weight excluding hydrogens is 350 g/mol. The standard InChI is InChI=1S/C16H21NO9/c1-22-13(18)4-6-15(20)24-11-12(10-17-8-3-9-25-17)26-16(21)7-5-14(19)23-2/h4-7,12H,3,8-11H2,1-2H3/b6-4+,7-5+. The lowest BCUT2D eigenvalue weighted by atomic mass is 10.3. The van der Waals surface area contributed by atoms with Crippen molar-refractivity contribution < 1.29 is 43.0 Å². The molecule has 0 N–H and O–H groups in total. The second kappa shape index (κ2) is 11.8. The van der Waals surface area contributed by atoms with E-state index in [0.29, 0.717) is 13.2 Å². The van der Waals surface area contributed by atoms with E-state index in [1.54, 1.807) is 5.06 Å². The summed E-state index contributed by atoms with van der Waals surface area (Å²) in [4.78, 5) is 50.6. The zero-order valence-electron chi connectivity index (χ0n) is 14.5. The lowest BCUT2D eigenvalue weighted by molar-refractivity contribution is -0.167. The number of hydrogen-bond donors (Lipinski definition) is 0. The van der Waals surface area contributed by atoms with Gasteiger partial charge in [0.1, 0.15) is 6.61 Å². The fourth-order valence-electron chi connectivity index (χ4n) is 1.83. The molecule has 10 nitrogen and oxygen atoms in total. The smallest absolute Gasteiger partial charge is 0.331 e. The first-order chi connectivity index (χ1) is 12.4. The van der Waals surface area contributed by atoms with Crippen LogP contribution in [0.2, 0.25) is 0 Å². The number of hydroxylamine groups is 2. The van der Waals surface area contributed by atoms with Gasteiger partial charge in [-0.25, -0.2) is 19.2 Å². The third-order valence-corrected chi connectivity index (χ3v) is 3.04. The minimum atomic E-state index is -0.835. The first kappa shape index (κ1) is 21.3. The summed E-state index contributed by atoms with van der Waals surface area (Å²) in [7, 11) is 2.35. The molecule has 0 saturated carbocycles. The molecule has 10 heteroatoms. The number of hydrogen-bond acceptors (Lipinski definition) is 10. The Hall–Kier alpha value is -2.72. The summed E-state index contributed by atoms with van der Waals surface area (Å²) in [6.07, 6.45) is 3.61. The fraction of sp³-hybridized carbons (Fsp3) is 0.500. The molecule has 144 valence electrons. The molecule has 1 rings (SSSR count). The van der Waals surface area contributed by atoms with Crippen LogP contribution in [0.4, 0.5) is 0 Å². The highest BCUT2D eigenvalue weighted by Crippen LogP contribution is 2.08. The predicted octanol–water partition coefficient (Wildman–Crippen LogP) is -0.463. The summed E-state index contributed by atoms with van der Waals surface area (Å²) in [5.74, 6) is -3.02. The van der Waals surface area contributed by atoms with Crippen LogP contribution in [0.25, 0.3) is 0 Å². The molecule has 1 unspecified atom stereocenters. The van der Waals surface area contributed by atoms with Gasteiger partial charge in [-0.15, -0.1) is 0 Å². The second-order valence-corrected chi connectivity index (χ2v) is 4.98. The molecule has 0 aromatic carbocycles. The van der Waals surface area contributed by atoms with Crippen molar-refractivity contribution in [3.05, 3.63) is 24.3 Å². The van der Waals surface area contributed by atoms with Crippen LogP contribution in [0.5, 0.6) is 0 Å². The van der Waals surface area contributed by atoms with Crippen molar-refractivity contribution in [2.45, 2.75) is 12.5 Å². The molecule has 1 heterocycles. The van der Waals surface area contributed by atoms with E-state index in [1.165, 1.54) is 14.2 Å². The fourth-order valence-corrected chi connectivity index (χ4v) is 1.83. The molecule has 0 aromatic rings. The van der Waals surface area contributed by atoms with Crippen molar-refractivity contribution in [2.24, 2.45) is 0 Å². The van der Waals surface area contributed by atoms with Crippen LogP contribution in [0, 0.1) is 0 Å². The quantitative estimate of drug-likeness (QED) is 0.299. The summed E-state index contributed by atoms with van der Waals surface area (Å²) in [6, 6.07) is 0. The van der Waals surface area contributed by atoms with Gasteiger partial charge in [-0.3, -0.25) is 4.84 Å². The zero-order valence-corrected chi connectivity index (χ0v) is 14.5. The first-order valence-corrected chi connectivity index (χ1v) is 7.72. The van der Waals surface area contributed by atoms with Gasteiger partial charge < -0.3 is 18.9 Å². The molecule has 0 spiro atoms. The molecule has 26 heavy (non-hydrogen) atoms. The third kappa shape index (κ3) is 8.94. The van der Waals surface area contributed by atoms with Gasteiger partial charge in [0.25, 0.3) is 0 Å². The van der Waals surface area contributed by atoms with E-state index in [9.17, 15) is 19.2 Å². The molecule has 0 bridgehead atoms. The van der Waals surface area contributed by atoms with Crippen LogP contribution < -0.4 is 0 Å². The minimum Gasteiger partial charge on any atom is -0.466 e. The summed E-state index contributed by atoms with van der Waals surface area (Å²) in [5, 5.41) is 1.58. The number of methoxy groups -OCH3 is 2. The molecule has 1 atom stereocenters. The maximum absolute atomic E-state index is 11.8. The lowest BCUT2D eigenvalue weighted by Gasteiger charge is -2.21. The molecule has 1 aliphatic rings. The average molecular weight is 371 g/mol. The molecule has 0 radical (unpaired) electrons. The van der Waals surface area contributed by atoms with E-state index >= 15 is 0 Å². The Kier molecular flexibility index (Phi) is 9.65. The third-order valence-electron chi connectivity index (χ3n) is 3.04. The van der Waals surface area contributed by atoms with Gasteiger partial charge in [0.15, 0.2) is 6.10 Å². The maximum atomic E-state index is 11.8. The van der Waals surface area contributed by atoms with Crippen molar-refractivity contribution in [3.8, 4) is 0 Å². The Morgan fingerprint density at radius 1 is 0.962 bits per heavy atom. The van der Waals surface area contributed by atoms with E-state index in [1.807, 2.05) is 0 Å². The zero-order chi connectivity index (χ0) is 19.4. The number of ether oxygens (including phenoxy) is 4. The van der Waals surface area contributed by atoms with Gasteiger partial charge in [-0.2, -0.15) is 5.06 Å². The highest BCUT2D eigenvalue weighted by molar-refractivity contribution is 5.92. The Labute approximate surface area is 150 Å². The second-order valence-electron chi connectivity index (χ2n) is 4.98. The largest absolute Gasteiger partial charge is 0.466 e. The number of carbonyl (C=O) groups excluding carboxylic acids is 4. The van der Waals surface area contributed by atoms with Crippen molar-refractivity contribution in [1.82, 2.24) is 5.06 Å². The van der Waals surface area contributed by atoms with Crippen LogP contribution in [0.1, 0.15) is 6.42 Å². The first-order valence-electron chi connectivity index (χ1n) is 7.72. The predicted molar refractivity (Wildman–Crippen MR) is 85.3 cm³/mol. The van der Waals surface area contributed by atoms with Crippen LogP contribution in [-0.4, -0.2) is 75.6 Å². The number of rotatable bonds is 9. The van der Waals surface area contributed by atoms with Crippen molar-refractivity contribution in [1.29, 1.82) is 0 Å². The van der Waals surface area contributed by atoms with Crippen LogP contribution in [-0.2, 0) is 43.0 Å². The number of esters is 4. The van der Waals surface area contributed by atoms with Gasteiger partial charge in [0.2, 0.25) is 0 Å². The van der Waals surface area contributed by atoms with E-state index in [0.717, 1.165) is 30.7 Å². The Morgan fingerprint density at radius 3 is 2.08 bits per heavy atom. The van der Waals surface area contributed by atoms with E-state index in [-0.39, 0.29) is 13.2 Å². The van der Waals surface area contributed by atoms with E-state index in [4.69, 9.17) is 14.3 Å². The summed E-state index contributed by atoms with van der Waals surface area (Å²) in [5.41, 5.74) is 0. The van der Waals surface area contributed by atoms with Gasteiger partial charge in [-0.05, 0) is 6.42 Å². The highest BCUT2D eigenvalue weighted by Gasteiger charge is 2.22. The SMILES string of the molecule is COC(=O)/C=C/C(=O)OCC(CN1CCCO1)OC(=O)/C=C/C(=O)OC. The van der Waals surface area contributed by atoms with Gasteiger partial charge >= 0.3 is 23.9 Å². The number of carbonyl (C=O) groups is 4. The number of nitrogens with zero attached hydrogens (tertiary/aromatic N) is 1. The molecule has 0 amide bonds. The topological polar surface area (TPSA) is 118 Å². The summed E-state index contributed by atoms with van der Waals surface area (Å²) >= 11 is 0. The van der Waals surface area contributed by atoms with E-state index in [2.05, 4.69) is 9.47 Å². The lowest BCUT2D eigenvalue weighted by Crippen LogP contribution is -2.36.